The van der Waals surface area contributed by atoms with Crippen LogP contribution in [0.3, 0.4) is 0 Å². The highest BCUT2D eigenvalue weighted by Crippen LogP contribution is 2.45. The Morgan fingerprint density at radius 1 is 1.03 bits per heavy atom. The largest absolute Gasteiger partial charge is 0.493 e. The lowest BCUT2D eigenvalue weighted by Crippen LogP contribution is -2.45. The third-order valence-electron chi connectivity index (χ3n) is 6.03. The van der Waals surface area contributed by atoms with Crippen LogP contribution < -0.4 is 14.2 Å². The van der Waals surface area contributed by atoms with Crippen molar-refractivity contribution in [1.82, 2.24) is 5.01 Å². The molecule has 0 spiro atoms. The standard InChI is InChI=1S/C26H23ClN2O4/c1-15-4-6-16(7-5-15)25(30)26-29-21(19-13-18(27)9-11-22(19)33-26)14-20(28-29)17-8-10-23(31-2)24(12-17)32-3/h4-13,21,26H,14H2,1-3H3/t21-,26-/m1/s1. The maximum atomic E-state index is 13.5. The molecule has 7 heteroatoms. The van der Waals surface area contributed by atoms with Crippen molar-refractivity contribution >= 4 is 23.1 Å². The number of fused-ring (bicyclic) bond motifs is 3. The molecule has 2 atom stereocenters. The Kier molecular flexibility index (Phi) is 5.46. The summed E-state index contributed by atoms with van der Waals surface area (Å²) in [6.07, 6.45) is -0.270. The second kappa shape index (κ2) is 8.45. The molecule has 0 bridgehead atoms. The third kappa shape index (κ3) is 3.80. The first kappa shape index (κ1) is 21.3. The van der Waals surface area contributed by atoms with E-state index >= 15 is 0 Å². The minimum atomic E-state index is -0.871. The minimum absolute atomic E-state index is 0.141. The Bertz CT molecular complexity index is 1260. The zero-order valence-electron chi connectivity index (χ0n) is 18.5. The average Bonchev–Trinajstić information content (AvgIpc) is 3.29. The number of carbonyl (C=O) groups excluding carboxylic acids is 1. The number of hydrogen-bond acceptors (Lipinski definition) is 6. The number of methoxy groups -OCH3 is 2. The van der Waals surface area contributed by atoms with Gasteiger partial charge in [0.15, 0.2) is 11.5 Å². The van der Waals surface area contributed by atoms with Crippen LogP contribution in [0.25, 0.3) is 0 Å². The Labute approximate surface area is 197 Å². The number of carbonyl (C=O) groups is 1. The smallest absolute Gasteiger partial charge is 0.251 e. The molecule has 0 unspecified atom stereocenters. The van der Waals surface area contributed by atoms with E-state index in [0.717, 1.165) is 22.4 Å². The first-order valence-electron chi connectivity index (χ1n) is 10.6. The molecule has 2 heterocycles. The molecule has 3 aromatic carbocycles. The molecule has 33 heavy (non-hydrogen) atoms. The van der Waals surface area contributed by atoms with Crippen LogP contribution in [0.15, 0.2) is 65.8 Å². The van der Waals surface area contributed by atoms with Crippen LogP contribution in [0.4, 0.5) is 0 Å². The van der Waals surface area contributed by atoms with Crippen molar-refractivity contribution in [1.29, 1.82) is 0 Å². The van der Waals surface area contributed by atoms with Gasteiger partial charge in [-0.25, -0.2) is 5.01 Å². The zero-order valence-corrected chi connectivity index (χ0v) is 19.3. The quantitative estimate of drug-likeness (QED) is 0.474. The Balaban J connectivity index is 1.56. The Morgan fingerprint density at radius 2 is 1.79 bits per heavy atom. The summed E-state index contributed by atoms with van der Waals surface area (Å²) in [5, 5.41) is 7.22. The summed E-state index contributed by atoms with van der Waals surface area (Å²) in [5.41, 5.74) is 4.31. The average molecular weight is 463 g/mol. The van der Waals surface area contributed by atoms with Crippen LogP contribution in [0.5, 0.6) is 17.2 Å². The highest BCUT2D eigenvalue weighted by Gasteiger charge is 2.43. The van der Waals surface area contributed by atoms with Gasteiger partial charge in [-0.15, -0.1) is 0 Å². The van der Waals surface area contributed by atoms with Gasteiger partial charge in [0.05, 0.1) is 26.0 Å². The molecule has 6 nitrogen and oxygen atoms in total. The van der Waals surface area contributed by atoms with E-state index in [0.29, 0.717) is 34.3 Å². The van der Waals surface area contributed by atoms with Crippen LogP contribution in [0.2, 0.25) is 5.02 Å². The van der Waals surface area contributed by atoms with Gasteiger partial charge in [0.2, 0.25) is 5.78 Å². The summed E-state index contributed by atoms with van der Waals surface area (Å²) in [5.74, 6) is 1.77. The maximum Gasteiger partial charge on any atom is 0.251 e. The van der Waals surface area contributed by atoms with Gasteiger partial charge >= 0.3 is 0 Å². The highest BCUT2D eigenvalue weighted by atomic mass is 35.5. The topological polar surface area (TPSA) is 60.4 Å². The zero-order chi connectivity index (χ0) is 23.1. The van der Waals surface area contributed by atoms with E-state index in [-0.39, 0.29) is 11.8 Å². The van der Waals surface area contributed by atoms with Gasteiger partial charge in [0, 0.05) is 28.1 Å². The molecule has 0 amide bonds. The van der Waals surface area contributed by atoms with E-state index in [4.69, 9.17) is 30.9 Å². The van der Waals surface area contributed by atoms with E-state index in [1.54, 1.807) is 25.3 Å². The van der Waals surface area contributed by atoms with Crippen molar-refractivity contribution in [2.24, 2.45) is 5.10 Å². The lowest BCUT2D eigenvalue weighted by Gasteiger charge is -2.37. The second-order valence-corrected chi connectivity index (χ2v) is 8.54. The van der Waals surface area contributed by atoms with E-state index < -0.39 is 6.23 Å². The number of benzene rings is 3. The van der Waals surface area contributed by atoms with E-state index in [1.807, 2.05) is 61.5 Å². The number of ether oxygens (including phenoxy) is 3. The number of ketones is 1. The molecule has 2 aliphatic rings. The van der Waals surface area contributed by atoms with E-state index in [9.17, 15) is 4.79 Å². The lowest BCUT2D eigenvalue weighted by atomic mass is 9.95. The van der Waals surface area contributed by atoms with Crippen molar-refractivity contribution in [3.8, 4) is 17.2 Å². The van der Waals surface area contributed by atoms with Crippen LogP contribution in [-0.4, -0.2) is 37.0 Å². The molecular formula is C26H23ClN2O4. The van der Waals surface area contributed by atoms with E-state index in [2.05, 4.69) is 0 Å². The molecule has 168 valence electrons. The van der Waals surface area contributed by atoms with Crippen LogP contribution in [0, 0.1) is 6.92 Å². The van der Waals surface area contributed by atoms with E-state index in [1.165, 1.54) is 0 Å². The normalized spacial score (nSPS) is 18.7. The monoisotopic (exact) mass is 462 g/mol. The highest BCUT2D eigenvalue weighted by molar-refractivity contribution is 6.30. The fourth-order valence-corrected chi connectivity index (χ4v) is 4.46. The van der Waals surface area contributed by atoms with Crippen molar-refractivity contribution in [3.05, 3.63) is 87.9 Å². The van der Waals surface area contributed by atoms with Gasteiger partial charge in [0.1, 0.15) is 5.75 Å². The summed E-state index contributed by atoms with van der Waals surface area (Å²) in [6, 6.07) is 18.5. The number of aryl methyl sites for hydroxylation is 1. The first-order chi connectivity index (χ1) is 16.0. The number of halogens is 1. The summed E-state index contributed by atoms with van der Waals surface area (Å²) in [6.45, 7) is 1.99. The third-order valence-corrected chi connectivity index (χ3v) is 6.26. The van der Waals surface area contributed by atoms with Crippen LogP contribution in [0.1, 0.15) is 39.5 Å². The van der Waals surface area contributed by atoms with Crippen molar-refractivity contribution in [3.63, 3.8) is 0 Å². The molecule has 0 aromatic heterocycles. The SMILES string of the molecule is COc1ccc(C2=NN3[C@@H](C(=O)c4ccc(C)cc4)Oc4ccc(Cl)cc4[C@H]3C2)cc1OC. The number of hydrogen-bond donors (Lipinski definition) is 0. The van der Waals surface area contributed by atoms with Crippen LogP contribution >= 0.6 is 11.6 Å². The van der Waals surface area contributed by atoms with Gasteiger partial charge in [-0.2, -0.15) is 5.10 Å². The molecule has 0 saturated heterocycles. The Morgan fingerprint density at radius 3 is 2.52 bits per heavy atom. The summed E-state index contributed by atoms with van der Waals surface area (Å²) in [4.78, 5) is 13.5. The van der Waals surface area contributed by atoms with Gasteiger partial charge in [-0.05, 0) is 43.3 Å². The van der Waals surface area contributed by atoms with Gasteiger partial charge in [-0.3, -0.25) is 4.79 Å². The predicted octanol–water partition coefficient (Wildman–Crippen LogP) is 5.42. The lowest BCUT2D eigenvalue weighted by molar-refractivity contribution is -0.00455. The first-order valence-corrected chi connectivity index (χ1v) is 11.0. The molecule has 3 aromatic rings. The molecule has 0 saturated carbocycles. The number of nitrogens with zero attached hydrogens (tertiary/aromatic N) is 2. The second-order valence-electron chi connectivity index (χ2n) is 8.10. The predicted molar refractivity (Wildman–Crippen MR) is 127 cm³/mol. The van der Waals surface area contributed by atoms with Crippen molar-refractivity contribution in [2.45, 2.75) is 25.6 Å². The van der Waals surface area contributed by atoms with Crippen LogP contribution in [-0.2, 0) is 0 Å². The molecule has 0 N–H and O–H groups in total. The maximum absolute atomic E-state index is 13.5. The van der Waals surface area contributed by atoms with Gasteiger partial charge < -0.3 is 14.2 Å². The molecular weight excluding hydrogens is 440 g/mol. The van der Waals surface area contributed by atoms with Crippen molar-refractivity contribution in [2.75, 3.05) is 14.2 Å². The molecule has 5 rings (SSSR count). The summed E-state index contributed by atoms with van der Waals surface area (Å²) < 4.78 is 17.0. The number of hydrazone groups is 1. The summed E-state index contributed by atoms with van der Waals surface area (Å²) >= 11 is 6.29. The number of Topliss-reactive ketones (excluding diaryl/α,β-unsaturated/α-hetero) is 1. The van der Waals surface area contributed by atoms with Gasteiger partial charge in [-0.1, -0.05) is 41.4 Å². The molecule has 0 radical (unpaired) electrons. The molecule has 0 aliphatic carbocycles. The van der Waals surface area contributed by atoms with Crippen molar-refractivity contribution < 1.29 is 19.0 Å². The molecule has 0 fully saturated rings. The fourth-order valence-electron chi connectivity index (χ4n) is 4.28. The summed E-state index contributed by atoms with van der Waals surface area (Å²) in [7, 11) is 3.20. The molecule has 2 aliphatic heterocycles. The Hall–Kier alpha value is -3.51. The fraction of sp³-hybridized carbons (Fsp3) is 0.231. The minimum Gasteiger partial charge on any atom is -0.493 e. The number of rotatable bonds is 5. The van der Waals surface area contributed by atoms with Gasteiger partial charge in [0.25, 0.3) is 6.23 Å².